The molecule has 2 aromatic carbocycles. The van der Waals surface area contributed by atoms with E-state index in [9.17, 15) is 4.79 Å². The Morgan fingerprint density at radius 1 is 0.900 bits per heavy atom. The van der Waals surface area contributed by atoms with E-state index in [1.54, 1.807) is 11.8 Å². The molecule has 4 heteroatoms. The Labute approximate surface area is 136 Å². The molecule has 0 aliphatic carbocycles. The van der Waals surface area contributed by atoms with Crippen LogP contribution in [0.5, 0.6) is 0 Å². The topological polar surface area (TPSA) is 20.3 Å². The minimum Gasteiger partial charge on any atom is -0.281 e. The number of aryl methyl sites for hydroxylation is 2. The van der Waals surface area contributed by atoms with Gasteiger partial charge < -0.3 is 0 Å². The highest BCUT2D eigenvalue weighted by Gasteiger charge is 2.15. The highest BCUT2D eigenvalue weighted by molar-refractivity contribution is 9.10. The highest BCUT2D eigenvalue weighted by Crippen LogP contribution is 2.32. The van der Waals surface area contributed by atoms with Crippen molar-refractivity contribution >= 4 is 49.1 Å². The van der Waals surface area contributed by atoms with Gasteiger partial charge in [-0.15, -0.1) is 0 Å². The van der Waals surface area contributed by atoms with Gasteiger partial charge in [0.2, 0.25) is 5.91 Å². The molecule has 0 spiro atoms. The number of benzene rings is 2. The zero-order chi connectivity index (χ0) is 14.9. The summed E-state index contributed by atoms with van der Waals surface area (Å²) in [5.41, 5.74) is 3.99. The molecule has 0 aromatic heterocycles. The van der Waals surface area contributed by atoms with Crippen molar-refractivity contribution < 1.29 is 4.79 Å². The summed E-state index contributed by atoms with van der Waals surface area (Å²) in [7, 11) is 0. The molecule has 2 rings (SSSR count). The summed E-state index contributed by atoms with van der Waals surface area (Å²) in [5, 5.41) is 0. The molecule has 0 radical (unpaired) electrons. The zero-order valence-corrected chi connectivity index (χ0v) is 14.7. The molecule has 104 valence electrons. The molecule has 0 aliphatic rings. The van der Waals surface area contributed by atoms with Crippen LogP contribution in [-0.2, 0) is 4.79 Å². The Morgan fingerprint density at radius 3 is 1.60 bits per heavy atom. The number of hydrogen-bond donors (Lipinski definition) is 0. The first-order chi connectivity index (χ1) is 9.40. The van der Waals surface area contributed by atoms with Crippen LogP contribution in [0.25, 0.3) is 0 Å². The van der Waals surface area contributed by atoms with E-state index in [4.69, 9.17) is 0 Å². The van der Waals surface area contributed by atoms with Crippen molar-refractivity contribution in [3.05, 3.63) is 56.5 Å². The van der Waals surface area contributed by atoms with Crippen molar-refractivity contribution in [2.75, 3.05) is 4.90 Å². The van der Waals surface area contributed by atoms with Crippen LogP contribution in [0.4, 0.5) is 11.4 Å². The number of anilines is 2. The standard InChI is InChI=1S/C16H15Br2NO/c1-10-4-6-13(8-15(10)17)19(12(3)20)14-7-5-11(2)16(18)9-14/h4-9H,1-3H3. The fourth-order valence-electron chi connectivity index (χ4n) is 1.95. The van der Waals surface area contributed by atoms with Crippen LogP contribution in [0.1, 0.15) is 18.1 Å². The van der Waals surface area contributed by atoms with Crippen molar-refractivity contribution in [3.8, 4) is 0 Å². The Morgan fingerprint density at radius 2 is 1.30 bits per heavy atom. The molecule has 2 aromatic rings. The monoisotopic (exact) mass is 395 g/mol. The second kappa shape index (κ2) is 6.10. The van der Waals surface area contributed by atoms with E-state index in [2.05, 4.69) is 31.9 Å². The summed E-state index contributed by atoms with van der Waals surface area (Å²) in [4.78, 5) is 13.7. The maximum absolute atomic E-state index is 12.0. The number of halogens is 2. The van der Waals surface area contributed by atoms with Crippen LogP contribution >= 0.6 is 31.9 Å². The van der Waals surface area contributed by atoms with Crippen LogP contribution in [0, 0.1) is 13.8 Å². The summed E-state index contributed by atoms with van der Waals surface area (Å²) in [6.45, 7) is 5.62. The molecule has 0 aliphatic heterocycles. The molecule has 0 unspecified atom stereocenters. The molecule has 0 atom stereocenters. The number of carbonyl (C=O) groups is 1. The Hall–Kier alpha value is -1.13. The first kappa shape index (κ1) is 15.3. The second-order valence-corrected chi connectivity index (χ2v) is 6.43. The average Bonchev–Trinajstić information content (AvgIpc) is 2.38. The summed E-state index contributed by atoms with van der Waals surface area (Å²) < 4.78 is 1.99. The average molecular weight is 397 g/mol. The molecule has 0 bridgehead atoms. The van der Waals surface area contributed by atoms with E-state index < -0.39 is 0 Å². The maximum atomic E-state index is 12.0. The van der Waals surface area contributed by atoms with Crippen molar-refractivity contribution in [1.29, 1.82) is 0 Å². The largest absolute Gasteiger partial charge is 0.281 e. The predicted octanol–water partition coefficient (Wildman–Crippen LogP) is 5.51. The van der Waals surface area contributed by atoms with Gasteiger partial charge in [0.05, 0.1) is 0 Å². The minimum atomic E-state index is -0.0171. The van der Waals surface area contributed by atoms with Crippen molar-refractivity contribution in [2.45, 2.75) is 20.8 Å². The van der Waals surface area contributed by atoms with Gasteiger partial charge in [0.25, 0.3) is 0 Å². The fraction of sp³-hybridized carbons (Fsp3) is 0.188. The van der Waals surface area contributed by atoms with Gasteiger partial charge in [0, 0.05) is 27.2 Å². The summed E-state index contributed by atoms with van der Waals surface area (Å²) >= 11 is 7.03. The lowest BCUT2D eigenvalue weighted by Crippen LogP contribution is -2.22. The molecule has 0 fully saturated rings. The van der Waals surface area contributed by atoms with Gasteiger partial charge >= 0.3 is 0 Å². The van der Waals surface area contributed by atoms with Crippen LogP contribution in [0.15, 0.2) is 45.3 Å². The molecular weight excluding hydrogens is 382 g/mol. The van der Waals surface area contributed by atoms with Crippen molar-refractivity contribution in [3.63, 3.8) is 0 Å². The number of carbonyl (C=O) groups excluding carboxylic acids is 1. The lowest BCUT2D eigenvalue weighted by atomic mass is 10.1. The number of hydrogen-bond acceptors (Lipinski definition) is 1. The summed E-state index contributed by atoms with van der Waals surface area (Å²) in [6, 6.07) is 11.8. The van der Waals surface area contributed by atoms with Gasteiger partial charge in [-0.3, -0.25) is 9.69 Å². The Kier molecular flexibility index (Phi) is 4.66. The smallest absolute Gasteiger partial charge is 0.228 e. The third-order valence-corrected chi connectivity index (χ3v) is 4.85. The molecule has 0 saturated carbocycles. The third kappa shape index (κ3) is 3.13. The molecule has 0 heterocycles. The zero-order valence-electron chi connectivity index (χ0n) is 11.6. The van der Waals surface area contributed by atoms with E-state index in [-0.39, 0.29) is 5.91 Å². The third-order valence-electron chi connectivity index (χ3n) is 3.14. The summed E-state index contributed by atoms with van der Waals surface area (Å²) in [5.74, 6) is -0.0171. The molecule has 1 amide bonds. The Balaban J connectivity index is 2.53. The van der Waals surface area contributed by atoms with Crippen LogP contribution in [0.3, 0.4) is 0 Å². The molecule has 0 saturated heterocycles. The summed E-state index contributed by atoms with van der Waals surface area (Å²) in [6.07, 6.45) is 0. The van der Waals surface area contributed by atoms with Gasteiger partial charge in [0.15, 0.2) is 0 Å². The number of amides is 1. The van der Waals surface area contributed by atoms with E-state index in [0.29, 0.717) is 0 Å². The lowest BCUT2D eigenvalue weighted by molar-refractivity contribution is -0.115. The molecule has 0 N–H and O–H groups in total. The number of nitrogens with zero attached hydrogens (tertiary/aromatic N) is 1. The van der Waals surface area contributed by atoms with Crippen LogP contribution in [-0.4, -0.2) is 5.91 Å². The lowest BCUT2D eigenvalue weighted by Gasteiger charge is -2.22. The minimum absolute atomic E-state index is 0.0171. The van der Waals surface area contributed by atoms with Gasteiger partial charge in [-0.2, -0.15) is 0 Å². The maximum Gasteiger partial charge on any atom is 0.228 e. The first-order valence-electron chi connectivity index (χ1n) is 6.23. The van der Waals surface area contributed by atoms with Crippen LogP contribution in [0.2, 0.25) is 0 Å². The quantitative estimate of drug-likeness (QED) is 0.654. The first-order valence-corrected chi connectivity index (χ1v) is 7.81. The van der Waals surface area contributed by atoms with Gasteiger partial charge in [-0.25, -0.2) is 0 Å². The van der Waals surface area contributed by atoms with E-state index in [1.165, 1.54) is 0 Å². The van der Waals surface area contributed by atoms with Crippen molar-refractivity contribution in [2.24, 2.45) is 0 Å². The Bertz CT molecular complexity index is 616. The van der Waals surface area contributed by atoms with E-state index in [1.807, 2.05) is 50.2 Å². The van der Waals surface area contributed by atoms with E-state index in [0.717, 1.165) is 31.4 Å². The van der Waals surface area contributed by atoms with Gasteiger partial charge in [-0.1, -0.05) is 44.0 Å². The van der Waals surface area contributed by atoms with Crippen LogP contribution < -0.4 is 4.90 Å². The molecule has 20 heavy (non-hydrogen) atoms. The molecular formula is C16H15Br2NO. The fourth-order valence-corrected chi connectivity index (χ4v) is 2.69. The normalized spacial score (nSPS) is 10.4. The number of rotatable bonds is 2. The van der Waals surface area contributed by atoms with E-state index >= 15 is 0 Å². The second-order valence-electron chi connectivity index (χ2n) is 4.72. The van der Waals surface area contributed by atoms with Gasteiger partial charge in [-0.05, 0) is 49.2 Å². The van der Waals surface area contributed by atoms with Gasteiger partial charge in [0.1, 0.15) is 0 Å². The SMILES string of the molecule is CC(=O)N(c1ccc(C)c(Br)c1)c1ccc(C)c(Br)c1. The molecule has 2 nitrogen and oxygen atoms in total. The predicted molar refractivity (Wildman–Crippen MR) is 90.6 cm³/mol. The highest BCUT2D eigenvalue weighted by atomic mass is 79.9. The van der Waals surface area contributed by atoms with Crippen molar-refractivity contribution in [1.82, 2.24) is 0 Å².